The monoisotopic (exact) mass is 612 g/mol. The molecule has 0 spiro atoms. The Bertz CT molecular complexity index is 1320. The van der Waals surface area contributed by atoms with Crippen LogP contribution in [0.3, 0.4) is 0 Å². The van der Waals surface area contributed by atoms with Gasteiger partial charge in [-0.25, -0.2) is 4.79 Å². The highest BCUT2D eigenvalue weighted by Gasteiger charge is 2.41. The average molecular weight is 613 g/mol. The summed E-state index contributed by atoms with van der Waals surface area (Å²) in [5, 5.41) is 0. The van der Waals surface area contributed by atoms with Crippen LogP contribution < -0.4 is 4.90 Å². The molecule has 0 bridgehead atoms. The van der Waals surface area contributed by atoms with E-state index in [0.717, 1.165) is 29.7 Å². The largest absolute Gasteiger partial charge is 0.446 e. The van der Waals surface area contributed by atoms with Gasteiger partial charge in [0, 0.05) is 20.0 Å². The van der Waals surface area contributed by atoms with Gasteiger partial charge in [0.15, 0.2) is 0 Å². The van der Waals surface area contributed by atoms with E-state index in [-0.39, 0.29) is 47.8 Å². The summed E-state index contributed by atoms with van der Waals surface area (Å²) in [6, 6.07) is 1.03. The first-order valence-electron chi connectivity index (χ1n) is 12.9. The van der Waals surface area contributed by atoms with Crippen LogP contribution in [-0.4, -0.2) is 29.5 Å². The normalized spacial score (nSPS) is 16.3. The van der Waals surface area contributed by atoms with Gasteiger partial charge in [0.25, 0.3) is 0 Å². The van der Waals surface area contributed by atoms with E-state index in [9.17, 15) is 49.1 Å². The standard InChI is InChI=1S/C28H29F9N2O3/c1-14(2)42-25(41)38-8-6-7-22(21-9-15(3)23(28(35,36)37)16(4)24(21)38)39(17(5)40)13-18-10-19(26(29,30)31)12-20(11-18)27(32,33)34/h9-12,14,22H,6-8,13H2,1-5H3. The lowest BCUT2D eigenvalue weighted by Gasteiger charge is -2.34. The first-order valence-corrected chi connectivity index (χ1v) is 12.9. The minimum atomic E-state index is -5.12. The number of rotatable bonds is 4. The van der Waals surface area contributed by atoms with Crippen LogP contribution in [0.25, 0.3) is 0 Å². The van der Waals surface area contributed by atoms with Gasteiger partial charge in [0.1, 0.15) is 0 Å². The summed E-state index contributed by atoms with van der Waals surface area (Å²) >= 11 is 0. The van der Waals surface area contributed by atoms with E-state index in [1.54, 1.807) is 13.8 Å². The van der Waals surface area contributed by atoms with Crippen LogP contribution in [-0.2, 0) is 34.6 Å². The number of carbonyl (C=O) groups is 2. The predicted octanol–water partition coefficient (Wildman–Crippen LogP) is 8.59. The molecule has 2 amide bonds. The summed E-state index contributed by atoms with van der Waals surface area (Å²) in [7, 11) is 0. The van der Waals surface area contributed by atoms with Gasteiger partial charge in [0.05, 0.1) is 34.5 Å². The SMILES string of the molecule is CC(=O)N(Cc1cc(C(F)(F)F)cc(C(F)(F)F)c1)C1CCCN(C(=O)OC(C)C)c2c1cc(C)c(C(F)(F)F)c2C. The number of hydrogen-bond donors (Lipinski definition) is 0. The van der Waals surface area contributed by atoms with Crippen LogP contribution >= 0.6 is 0 Å². The molecule has 1 heterocycles. The van der Waals surface area contributed by atoms with Crippen molar-refractivity contribution < 1.29 is 53.8 Å². The number of aryl methyl sites for hydroxylation is 1. The fourth-order valence-corrected chi connectivity index (χ4v) is 5.28. The number of fused-ring (bicyclic) bond motifs is 1. The van der Waals surface area contributed by atoms with Gasteiger partial charge in [-0.05, 0) is 81.0 Å². The van der Waals surface area contributed by atoms with E-state index in [1.165, 1.54) is 6.92 Å². The van der Waals surface area contributed by atoms with Gasteiger partial charge in [-0.2, -0.15) is 39.5 Å². The molecular formula is C28H29F9N2O3. The van der Waals surface area contributed by atoms with Crippen LogP contribution in [0.15, 0.2) is 24.3 Å². The molecule has 0 saturated carbocycles. The van der Waals surface area contributed by atoms with Crippen LogP contribution in [0.1, 0.15) is 78.6 Å². The van der Waals surface area contributed by atoms with Crippen molar-refractivity contribution in [3.05, 3.63) is 63.2 Å². The number of benzene rings is 2. The molecule has 0 fully saturated rings. The van der Waals surface area contributed by atoms with Crippen LogP contribution in [0.4, 0.5) is 50.0 Å². The Labute approximate surface area is 236 Å². The predicted molar refractivity (Wildman–Crippen MR) is 135 cm³/mol. The maximum atomic E-state index is 14.1. The molecule has 0 aromatic heterocycles. The van der Waals surface area contributed by atoms with E-state index in [0.29, 0.717) is 12.1 Å². The lowest BCUT2D eigenvalue weighted by molar-refractivity contribution is -0.143. The lowest BCUT2D eigenvalue weighted by atomic mass is 9.90. The molecule has 1 atom stereocenters. The molecule has 0 radical (unpaired) electrons. The van der Waals surface area contributed by atoms with E-state index in [2.05, 4.69) is 0 Å². The van der Waals surface area contributed by atoms with Crippen LogP contribution in [0, 0.1) is 13.8 Å². The van der Waals surface area contributed by atoms with Crippen molar-refractivity contribution in [1.82, 2.24) is 4.90 Å². The van der Waals surface area contributed by atoms with E-state index >= 15 is 0 Å². The zero-order valence-corrected chi connectivity index (χ0v) is 23.3. The summed E-state index contributed by atoms with van der Waals surface area (Å²) in [5.41, 5.74) is -5.26. The summed E-state index contributed by atoms with van der Waals surface area (Å²) in [6.45, 7) is 5.68. The maximum Gasteiger partial charge on any atom is 0.416 e. The quantitative estimate of drug-likeness (QED) is 0.325. The van der Waals surface area contributed by atoms with Crippen molar-refractivity contribution in [3.63, 3.8) is 0 Å². The van der Waals surface area contributed by atoms with Crippen LogP contribution in [0.2, 0.25) is 0 Å². The van der Waals surface area contributed by atoms with Gasteiger partial charge in [-0.3, -0.25) is 9.69 Å². The summed E-state index contributed by atoms with van der Waals surface area (Å²) in [4.78, 5) is 27.9. The number of carbonyl (C=O) groups excluding carboxylic acids is 2. The van der Waals surface area contributed by atoms with Crippen molar-refractivity contribution in [2.24, 2.45) is 0 Å². The van der Waals surface area contributed by atoms with Gasteiger partial charge < -0.3 is 9.64 Å². The molecule has 5 nitrogen and oxygen atoms in total. The molecular weight excluding hydrogens is 583 g/mol. The van der Waals surface area contributed by atoms with E-state index < -0.39 is 71.5 Å². The van der Waals surface area contributed by atoms with Gasteiger partial charge in [-0.1, -0.05) is 6.07 Å². The van der Waals surface area contributed by atoms with Gasteiger partial charge in [-0.15, -0.1) is 0 Å². The van der Waals surface area contributed by atoms with Gasteiger partial charge >= 0.3 is 24.6 Å². The van der Waals surface area contributed by atoms with Gasteiger partial charge in [0.2, 0.25) is 5.91 Å². The number of ether oxygens (including phenoxy) is 1. The Morgan fingerprint density at radius 3 is 1.93 bits per heavy atom. The number of anilines is 1. The Kier molecular flexibility index (Phi) is 9.19. The van der Waals surface area contributed by atoms with Crippen molar-refractivity contribution in [2.45, 2.75) is 84.7 Å². The molecule has 232 valence electrons. The zero-order valence-electron chi connectivity index (χ0n) is 23.3. The Balaban J connectivity index is 2.24. The number of amides is 2. The minimum absolute atomic E-state index is 0.0356. The first kappa shape index (κ1) is 33.1. The molecule has 0 N–H and O–H groups in total. The molecule has 14 heteroatoms. The van der Waals surface area contributed by atoms with E-state index in [4.69, 9.17) is 4.74 Å². The van der Waals surface area contributed by atoms with Crippen molar-refractivity contribution in [1.29, 1.82) is 0 Å². The fraction of sp³-hybridized carbons (Fsp3) is 0.500. The average Bonchev–Trinajstić information content (AvgIpc) is 2.99. The summed E-state index contributed by atoms with van der Waals surface area (Å²) in [6.07, 6.45) is -16.4. The second kappa shape index (κ2) is 11.7. The highest BCUT2D eigenvalue weighted by molar-refractivity contribution is 5.91. The van der Waals surface area contributed by atoms with E-state index in [1.807, 2.05) is 0 Å². The molecule has 1 aliphatic heterocycles. The Morgan fingerprint density at radius 2 is 1.48 bits per heavy atom. The summed E-state index contributed by atoms with van der Waals surface area (Å²) < 4.78 is 128. The minimum Gasteiger partial charge on any atom is -0.446 e. The molecule has 0 saturated heterocycles. The second-order valence-electron chi connectivity index (χ2n) is 10.4. The molecule has 3 rings (SSSR count). The summed E-state index contributed by atoms with van der Waals surface area (Å²) in [5.74, 6) is -0.745. The Hall–Kier alpha value is -3.45. The zero-order chi connectivity index (χ0) is 31.9. The smallest absolute Gasteiger partial charge is 0.416 e. The molecule has 42 heavy (non-hydrogen) atoms. The number of hydrogen-bond acceptors (Lipinski definition) is 3. The lowest BCUT2D eigenvalue weighted by Crippen LogP contribution is -2.36. The number of nitrogens with zero attached hydrogens (tertiary/aromatic N) is 2. The Morgan fingerprint density at radius 1 is 0.929 bits per heavy atom. The molecule has 1 aliphatic rings. The third-order valence-corrected chi connectivity index (χ3v) is 6.88. The second-order valence-corrected chi connectivity index (χ2v) is 10.4. The maximum absolute atomic E-state index is 14.1. The number of halogens is 9. The highest BCUT2D eigenvalue weighted by atomic mass is 19.4. The third kappa shape index (κ3) is 7.12. The fourth-order valence-electron chi connectivity index (χ4n) is 5.28. The topological polar surface area (TPSA) is 49.9 Å². The third-order valence-electron chi connectivity index (χ3n) is 6.88. The van der Waals surface area contributed by atoms with Crippen molar-refractivity contribution in [2.75, 3.05) is 11.4 Å². The highest BCUT2D eigenvalue weighted by Crippen LogP contribution is 2.46. The molecule has 2 aromatic carbocycles. The van der Waals surface area contributed by atoms with Crippen molar-refractivity contribution in [3.8, 4) is 0 Å². The van der Waals surface area contributed by atoms with Crippen LogP contribution in [0.5, 0.6) is 0 Å². The first-order chi connectivity index (χ1) is 19.1. The molecule has 0 aliphatic carbocycles. The molecule has 2 aromatic rings. The molecule has 1 unspecified atom stereocenters. The number of alkyl halides is 9. The van der Waals surface area contributed by atoms with Crippen molar-refractivity contribution >= 4 is 17.7 Å².